The number of rotatable bonds is 6. The highest BCUT2D eigenvalue weighted by Crippen LogP contribution is 2.34. The van der Waals surface area contributed by atoms with Crippen molar-refractivity contribution in [1.29, 1.82) is 10.5 Å². The number of esters is 1. The molecule has 0 amide bonds. The van der Waals surface area contributed by atoms with Crippen molar-refractivity contribution in [3.63, 3.8) is 0 Å². The average Bonchev–Trinajstić information content (AvgIpc) is 3.15. The van der Waals surface area contributed by atoms with Crippen LogP contribution in [0.2, 0.25) is 0 Å². The first-order valence-electron chi connectivity index (χ1n) is 14.6. The van der Waals surface area contributed by atoms with Crippen LogP contribution < -0.4 is 23.7 Å². The third-order valence-electron chi connectivity index (χ3n) is 7.46. The smallest absolute Gasteiger partial charge is 0.340 e. The van der Waals surface area contributed by atoms with Gasteiger partial charge in [-0.15, -0.1) is 0 Å². The summed E-state index contributed by atoms with van der Waals surface area (Å²) in [6, 6.07) is 16.9. The number of nitriles is 2. The lowest BCUT2D eigenvalue weighted by atomic mass is 10.0. The summed E-state index contributed by atoms with van der Waals surface area (Å²) in [5, 5.41) is 23.1. The monoisotopic (exact) mass is 659 g/mol. The number of carbonyl (C=O) groups is 1. The lowest BCUT2D eigenvalue weighted by Crippen LogP contribution is -2.02. The predicted molar refractivity (Wildman–Crippen MR) is 183 cm³/mol. The summed E-state index contributed by atoms with van der Waals surface area (Å²) in [6.07, 6.45) is 8.13. The van der Waals surface area contributed by atoms with E-state index in [0.717, 1.165) is 32.3 Å². The zero-order chi connectivity index (χ0) is 35.5. The first-order valence-corrected chi connectivity index (χ1v) is 14.6. The van der Waals surface area contributed by atoms with Gasteiger partial charge in [-0.25, -0.2) is 4.79 Å². The van der Waals surface area contributed by atoms with Crippen molar-refractivity contribution < 1.29 is 33.2 Å². The molecule has 0 aliphatic rings. The van der Waals surface area contributed by atoms with Crippen molar-refractivity contribution in [2.75, 3.05) is 42.7 Å². The Morgan fingerprint density at radius 1 is 0.612 bits per heavy atom. The van der Waals surface area contributed by atoms with Gasteiger partial charge in [0, 0.05) is 69.4 Å². The maximum absolute atomic E-state index is 11.5. The molecule has 0 N–H and O–H groups in total. The van der Waals surface area contributed by atoms with Crippen LogP contribution in [0.15, 0.2) is 73.4 Å². The van der Waals surface area contributed by atoms with Crippen molar-refractivity contribution in [3.05, 3.63) is 95.8 Å². The van der Waals surface area contributed by atoms with Crippen LogP contribution in [0.25, 0.3) is 32.3 Å². The highest BCUT2D eigenvalue weighted by atomic mass is 16.5. The predicted octanol–water partition coefficient (Wildman–Crippen LogP) is 6.59. The van der Waals surface area contributed by atoms with Crippen LogP contribution in [-0.2, 0) is 4.74 Å². The van der Waals surface area contributed by atoms with Gasteiger partial charge in [-0.05, 0) is 43.3 Å². The van der Waals surface area contributed by atoms with E-state index >= 15 is 0 Å². The summed E-state index contributed by atoms with van der Waals surface area (Å²) in [5.74, 6) is 2.86. The van der Waals surface area contributed by atoms with E-state index in [2.05, 4.69) is 27.1 Å². The molecule has 6 rings (SSSR count). The van der Waals surface area contributed by atoms with Crippen LogP contribution in [0.3, 0.4) is 0 Å². The minimum atomic E-state index is -0.397. The Morgan fingerprint density at radius 3 is 1.90 bits per heavy atom. The Balaban J connectivity index is 0.000000166. The minimum absolute atomic E-state index is 0.397. The maximum atomic E-state index is 11.5. The molecule has 0 spiro atoms. The highest BCUT2D eigenvalue weighted by molar-refractivity contribution is 6.04. The number of nitrogens with zero attached hydrogens (tertiary/aromatic N) is 5. The Morgan fingerprint density at radius 2 is 1.27 bits per heavy atom. The van der Waals surface area contributed by atoms with Crippen molar-refractivity contribution in [3.8, 4) is 40.9 Å². The number of hydrogen-bond acceptors (Lipinski definition) is 12. The van der Waals surface area contributed by atoms with Gasteiger partial charge < -0.3 is 28.4 Å². The summed E-state index contributed by atoms with van der Waals surface area (Å²) < 4.78 is 30.7. The summed E-state index contributed by atoms with van der Waals surface area (Å²) in [7, 11) is 9.24. The molecule has 12 heteroatoms. The molecule has 0 atom stereocenters. The van der Waals surface area contributed by atoms with Gasteiger partial charge in [0.2, 0.25) is 0 Å². The molecule has 3 aromatic heterocycles. The van der Waals surface area contributed by atoms with Gasteiger partial charge in [0.05, 0.1) is 65.0 Å². The van der Waals surface area contributed by atoms with Gasteiger partial charge in [0.25, 0.3) is 0 Å². The van der Waals surface area contributed by atoms with Crippen LogP contribution in [0.5, 0.6) is 28.7 Å². The van der Waals surface area contributed by atoms with Gasteiger partial charge >= 0.3 is 5.97 Å². The number of hydrogen-bond donors (Lipinski definition) is 0. The second kappa shape index (κ2) is 16.3. The topological polar surface area (TPSA) is 159 Å². The van der Waals surface area contributed by atoms with Crippen LogP contribution in [0, 0.1) is 29.6 Å². The zero-order valence-corrected chi connectivity index (χ0v) is 28.0. The maximum Gasteiger partial charge on any atom is 0.340 e. The fraction of sp³-hybridized carbons (Fsp3) is 0.189. The van der Waals surface area contributed by atoms with Crippen molar-refractivity contribution >= 4 is 38.3 Å². The molecule has 3 heterocycles. The normalized spacial score (nSPS) is 9.98. The molecule has 0 saturated carbocycles. The number of aromatic nitrogens is 3. The molecule has 248 valence electrons. The van der Waals surface area contributed by atoms with Gasteiger partial charge in [-0.2, -0.15) is 10.5 Å². The number of fused-ring (bicyclic) bond motifs is 3. The van der Waals surface area contributed by atoms with Gasteiger partial charge in [0.15, 0.2) is 11.5 Å². The van der Waals surface area contributed by atoms with Crippen LogP contribution >= 0.6 is 0 Å². The van der Waals surface area contributed by atoms with E-state index in [0.29, 0.717) is 51.1 Å². The standard InChI is InChI=1S/C13H12N2O2.C12H10N2O2.C12H11NO3/c1-8-11(6-14)10-4-9(16-2)5-13(17-3)12(10)7-15-8;1-15-11-3-8-6-14-7-9(5-13)10(8)4-12(11)16-2;1-15-9-4-3-8-6-13-7-11(10(8)5-9)12(14)16-2/h4-5,7H,1-3H3;3-4,6-7H,1-2H3;3-7H,1-2H3. The fourth-order valence-corrected chi connectivity index (χ4v) is 4.92. The molecule has 49 heavy (non-hydrogen) atoms. The SMILES string of the molecule is COC(=O)c1cncc2ccc(OC)cc12.COc1cc(OC)c2cnc(C)c(C#N)c2c1.COc1cc2cncc(C#N)c2cc1OC. The zero-order valence-electron chi connectivity index (χ0n) is 28.0. The number of methoxy groups -OCH3 is 6. The summed E-state index contributed by atoms with van der Waals surface area (Å²) in [4.78, 5) is 23.7. The largest absolute Gasteiger partial charge is 0.497 e. The number of carbonyl (C=O) groups excluding carboxylic acids is 1. The number of ether oxygens (including phenoxy) is 6. The second-order valence-electron chi connectivity index (χ2n) is 10.1. The van der Waals surface area contributed by atoms with E-state index in [1.54, 1.807) is 72.3 Å². The highest BCUT2D eigenvalue weighted by Gasteiger charge is 2.13. The Labute approximate surface area is 283 Å². The Hall–Kier alpha value is -6.66. The summed E-state index contributed by atoms with van der Waals surface area (Å²) in [6.45, 7) is 1.81. The molecule has 0 radical (unpaired) electrons. The van der Waals surface area contributed by atoms with Crippen LogP contribution in [0.1, 0.15) is 27.2 Å². The van der Waals surface area contributed by atoms with E-state index in [9.17, 15) is 10.1 Å². The van der Waals surface area contributed by atoms with E-state index < -0.39 is 5.97 Å². The molecule has 0 aliphatic carbocycles. The number of pyridine rings is 3. The second-order valence-corrected chi connectivity index (χ2v) is 10.1. The fourth-order valence-electron chi connectivity index (χ4n) is 4.92. The first kappa shape index (κ1) is 35.2. The third kappa shape index (κ3) is 7.67. The summed E-state index contributed by atoms with van der Waals surface area (Å²) in [5.41, 5.74) is 2.23. The third-order valence-corrected chi connectivity index (χ3v) is 7.46. The molecular weight excluding hydrogens is 626 g/mol. The molecular formula is C37H33N5O7. The van der Waals surface area contributed by atoms with E-state index in [4.69, 9.17) is 33.7 Å². The van der Waals surface area contributed by atoms with Gasteiger partial charge in [0.1, 0.15) is 29.4 Å². The average molecular weight is 660 g/mol. The first-order chi connectivity index (χ1) is 23.8. The van der Waals surface area contributed by atoms with Crippen molar-refractivity contribution in [2.24, 2.45) is 0 Å². The number of aryl methyl sites for hydroxylation is 1. The minimum Gasteiger partial charge on any atom is -0.497 e. The Kier molecular flexibility index (Phi) is 11.7. The molecule has 0 aliphatic heterocycles. The summed E-state index contributed by atoms with van der Waals surface area (Å²) >= 11 is 0. The van der Waals surface area contributed by atoms with Crippen molar-refractivity contribution in [1.82, 2.24) is 15.0 Å². The van der Waals surface area contributed by atoms with E-state index in [1.165, 1.54) is 19.5 Å². The molecule has 3 aromatic carbocycles. The molecule has 0 saturated heterocycles. The lowest BCUT2D eigenvalue weighted by Gasteiger charge is -2.10. The molecule has 0 unspecified atom stereocenters. The van der Waals surface area contributed by atoms with Gasteiger partial charge in [-0.3, -0.25) is 15.0 Å². The van der Waals surface area contributed by atoms with E-state index in [-0.39, 0.29) is 0 Å². The number of benzene rings is 3. The quantitative estimate of drug-likeness (QED) is 0.177. The Bertz CT molecular complexity index is 2230. The van der Waals surface area contributed by atoms with Gasteiger partial charge in [-0.1, -0.05) is 0 Å². The van der Waals surface area contributed by atoms with Crippen LogP contribution in [0.4, 0.5) is 0 Å². The molecule has 0 bridgehead atoms. The van der Waals surface area contributed by atoms with E-state index in [1.807, 2.05) is 31.2 Å². The molecule has 6 aromatic rings. The van der Waals surface area contributed by atoms with Crippen molar-refractivity contribution in [2.45, 2.75) is 6.92 Å². The molecule has 0 fully saturated rings. The lowest BCUT2D eigenvalue weighted by molar-refractivity contribution is 0.0602. The molecule has 12 nitrogen and oxygen atoms in total. The van der Waals surface area contributed by atoms with Crippen LogP contribution in [-0.4, -0.2) is 63.6 Å².